The maximum atomic E-state index is 10.5. The topological polar surface area (TPSA) is 33.5 Å². The number of carbonyl (C=O) groups is 1. The van der Waals surface area contributed by atoms with Crippen molar-refractivity contribution in [2.75, 3.05) is 12.3 Å². The number of rotatable bonds is 3. The summed E-state index contributed by atoms with van der Waals surface area (Å²) in [4.78, 5) is 12.9. The molecule has 0 radical (unpaired) electrons. The van der Waals surface area contributed by atoms with Crippen molar-refractivity contribution in [3.8, 4) is 0 Å². The minimum Gasteiger partial charge on any atom is -0.457 e. The second-order valence-corrected chi connectivity index (χ2v) is 5.69. The molecule has 1 fully saturated rings. The van der Waals surface area contributed by atoms with E-state index in [1.165, 1.54) is 5.75 Å². The first-order chi connectivity index (χ1) is 7.70. The van der Waals surface area contributed by atoms with Crippen LogP contribution in [0.5, 0.6) is 0 Å². The maximum Gasteiger partial charge on any atom is 0.185 e. The van der Waals surface area contributed by atoms with Gasteiger partial charge in [0.25, 0.3) is 0 Å². The van der Waals surface area contributed by atoms with Crippen molar-refractivity contribution in [1.82, 2.24) is 4.90 Å². The van der Waals surface area contributed by atoms with Crippen molar-refractivity contribution in [2.45, 2.75) is 31.7 Å². The lowest BCUT2D eigenvalue weighted by Gasteiger charge is -2.36. The highest BCUT2D eigenvalue weighted by molar-refractivity contribution is 8.00. The van der Waals surface area contributed by atoms with E-state index in [0.717, 1.165) is 25.1 Å². The molecular formula is C12H17NO2S. The van der Waals surface area contributed by atoms with E-state index >= 15 is 0 Å². The molecule has 2 rings (SSSR count). The summed E-state index contributed by atoms with van der Waals surface area (Å²) >= 11 is 2.02. The van der Waals surface area contributed by atoms with Crippen LogP contribution in [0, 0.1) is 0 Å². The van der Waals surface area contributed by atoms with E-state index in [0.29, 0.717) is 17.1 Å². The average Bonchev–Trinajstić information content (AvgIpc) is 2.73. The van der Waals surface area contributed by atoms with Crippen LogP contribution < -0.4 is 0 Å². The second-order valence-electron chi connectivity index (χ2n) is 4.21. The minimum absolute atomic E-state index is 0.419. The number of thioether (sulfide) groups is 1. The Bertz CT molecular complexity index is 364. The van der Waals surface area contributed by atoms with Crippen LogP contribution >= 0.6 is 11.8 Å². The van der Waals surface area contributed by atoms with Crippen LogP contribution in [0.4, 0.5) is 0 Å². The lowest BCUT2D eigenvalue weighted by molar-refractivity contribution is 0.109. The van der Waals surface area contributed by atoms with Crippen molar-refractivity contribution < 1.29 is 9.21 Å². The molecule has 0 N–H and O–H groups in total. The largest absolute Gasteiger partial charge is 0.457 e. The van der Waals surface area contributed by atoms with Gasteiger partial charge in [0.1, 0.15) is 5.76 Å². The van der Waals surface area contributed by atoms with Crippen LogP contribution in [0.2, 0.25) is 0 Å². The molecule has 0 saturated carbocycles. The summed E-state index contributed by atoms with van der Waals surface area (Å²) < 4.78 is 5.40. The minimum atomic E-state index is 0.419. The van der Waals surface area contributed by atoms with Gasteiger partial charge in [0.05, 0.1) is 6.54 Å². The van der Waals surface area contributed by atoms with Gasteiger partial charge < -0.3 is 4.42 Å². The standard InChI is InChI=1S/C12H17NO2S/c1-9-10(2)16-6-5-13(9)7-11-3-4-12(8-14)15-11/h3-4,8-10H,5-7H2,1-2H3. The Morgan fingerprint density at radius 3 is 3.06 bits per heavy atom. The summed E-state index contributed by atoms with van der Waals surface area (Å²) in [6.45, 7) is 6.41. The number of hydrogen-bond acceptors (Lipinski definition) is 4. The van der Waals surface area contributed by atoms with Crippen LogP contribution in [-0.4, -0.2) is 34.8 Å². The first kappa shape index (κ1) is 11.7. The second kappa shape index (κ2) is 5.06. The van der Waals surface area contributed by atoms with Crippen molar-refractivity contribution in [1.29, 1.82) is 0 Å². The van der Waals surface area contributed by atoms with Gasteiger partial charge in [-0.3, -0.25) is 9.69 Å². The van der Waals surface area contributed by atoms with Gasteiger partial charge in [0, 0.05) is 23.6 Å². The van der Waals surface area contributed by atoms with Crippen LogP contribution in [0.1, 0.15) is 30.2 Å². The number of furan rings is 1. The van der Waals surface area contributed by atoms with Gasteiger partial charge in [-0.15, -0.1) is 0 Å². The molecule has 0 spiro atoms. The van der Waals surface area contributed by atoms with Gasteiger partial charge in [-0.25, -0.2) is 0 Å². The summed E-state index contributed by atoms with van der Waals surface area (Å²) in [5, 5.41) is 0.661. The molecule has 2 heterocycles. The molecule has 88 valence electrons. The van der Waals surface area contributed by atoms with E-state index in [1.54, 1.807) is 6.07 Å². The Morgan fingerprint density at radius 1 is 1.56 bits per heavy atom. The number of nitrogens with zero attached hydrogens (tertiary/aromatic N) is 1. The molecule has 2 unspecified atom stereocenters. The Labute approximate surface area is 100 Å². The summed E-state index contributed by atoms with van der Waals surface area (Å²) in [5.41, 5.74) is 0. The maximum absolute atomic E-state index is 10.5. The van der Waals surface area contributed by atoms with Crippen molar-refractivity contribution in [2.24, 2.45) is 0 Å². The van der Waals surface area contributed by atoms with Crippen molar-refractivity contribution in [3.63, 3.8) is 0 Å². The van der Waals surface area contributed by atoms with Gasteiger partial charge in [-0.1, -0.05) is 6.92 Å². The average molecular weight is 239 g/mol. The Hall–Kier alpha value is -0.740. The molecule has 16 heavy (non-hydrogen) atoms. The summed E-state index contributed by atoms with van der Waals surface area (Å²) in [6, 6.07) is 4.18. The van der Waals surface area contributed by atoms with Gasteiger partial charge in [0.15, 0.2) is 12.0 Å². The number of aldehydes is 1. The lowest BCUT2D eigenvalue weighted by Crippen LogP contribution is -2.43. The monoisotopic (exact) mass is 239 g/mol. The molecule has 1 aromatic heterocycles. The molecule has 1 aliphatic rings. The van der Waals surface area contributed by atoms with Gasteiger partial charge in [0.2, 0.25) is 0 Å². The third-order valence-electron chi connectivity index (χ3n) is 3.17. The first-order valence-corrected chi connectivity index (χ1v) is 6.65. The smallest absolute Gasteiger partial charge is 0.185 e. The number of carbonyl (C=O) groups excluding carboxylic acids is 1. The zero-order valence-corrected chi connectivity index (χ0v) is 10.5. The van der Waals surface area contributed by atoms with Crippen LogP contribution in [0.25, 0.3) is 0 Å². The zero-order valence-electron chi connectivity index (χ0n) is 9.68. The fraction of sp³-hybridized carbons (Fsp3) is 0.583. The molecule has 2 atom stereocenters. The van der Waals surface area contributed by atoms with Crippen LogP contribution in [0.3, 0.4) is 0 Å². The highest BCUT2D eigenvalue weighted by atomic mass is 32.2. The molecule has 3 nitrogen and oxygen atoms in total. The molecule has 0 aliphatic carbocycles. The predicted octanol–water partition coefficient (Wildman–Crippen LogP) is 2.42. The summed E-state index contributed by atoms with van der Waals surface area (Å²) in [6.07, 6.45) is 0.752. The third kappa shape index (κ3) is 2.50. The van der Waals surface area contributed by atoms with Crippen LogP contribution in [0.15, 0.2) is 16.5 Å². The highest BCUT2D eigenvalue weighted by Crippen LogP contribution is 2.25. The molecule has 1 aromatic rings. The fourth-order valence-corrected chi connectivity index (χ4v) is 3.12. The van der Waals surface area contributed by atoms with Crippen molar-refractivity contribution in [3.05, 3.63) is 23.7 Å². The van der Waals surface area contributed by atoms with E-state index in [9.17, 15) is 4.79 Å². The van der Waals surface area contributed by atoms with Crippen LogP contribution in [-0.2, 0) is 6.54 Å². The highest BCUT2D eigenvalue weighted by Gasteiger charge is 2.25. The Balaban J connectivity index is 2.00. The molecular weight excluding hydrogens is 222 g/mol. The van der Waals surface area contributed by atoms with Crippen molar-refractivity contribution >= 4 is 18.0 Å². The van der Waals surface area contributed by atoms with E-state index in [-0.39, 0.29) is 0 Å². The molecule has 0 aromatic carbocycles. The molecule has 0 bridgehead atoms. The molecule has 4 heteroatoms. The van der Waals surface area contributed by atoms with E-state index < -0.39 is 0 Å². The fourth-order valence-electron chi connectivity index (χ4n) is 1.96. The molecule has 1 aliphatic heterocycles. The van der Waals surface area contributed by atoms with Gasteiger partial charge >= 0.3 is 0 Å². The SMILES string of the molecule is CC1SCCN(Cc2ccc(C=O)o2)C1C. The summed E-state index contributed by atoms with van der Waals surface area (Å²) in [7, 11) is 0. The molecule has 0 amide bonds. The van der Waals surface area contributed by atoms with Gasteiger partial charge in [-0.05, 0) is 19.1 Å². The third-order valence-corrected chi connectivity index (χ3v) is 4.51. The van der Waals surface area contributed by atoms with E-state index in [1.807, 2.05) is 17.8 Å². The quantitative estimate of drug-likeness (QED) is 0.758. The Morgan fingerprint density at radius 2 is 2.38 bits per heavy atom. The first-order valence-electron chi connectivity index (χ1n) is 5.60. The normalized spacial score (nSPS) is 26.9. The Kier molecular flexibility index (Phi) is 3.71. The lowest BCUT2D eigenvalue weighted by atomic mass is 10.2. The predicted molar refractivity (Wildman–Crippen MR) is 65.9 cm³/mol. The van der Waals surface area contributed by atoms with E-state index in [2.05, 4.69) is 18.7 Å². The molecule has 1 saturated heterocycles. The zero-order chi connectivity index (χ0) is 11.5. The van der Waals surface area contributed by atoms with E-state index in [4.69, 9.17) is 4.42 Å². The summed E-state index contributed by atoms with van der Waals surface area (Å²) in [5.74, 6) is 2.47. The number of hydrogen-bond donors (Lipinski definition) is 0. The van der Waals surface area contributed by atoms with Gasteiger partial charge in [-0.2, -0.15) is 11.8 Å².